The number of hydrogen-bond acceptors (Lipinski definition) is 4. The van der Waals surface area contributed by atoms with E-state index in [1.54, 1.807) is 10.8 Å². The summed E-state index contributed by atoms with van der Waals surface area (Å²) in [5.41, 5.74) is 0.244. The van der Waals surface area contributed by atoms with Gasteiger partial charge in [-0.25, -0.2) is 4.98 Å². The molecule has 0 saturated carbocycles. The monoisotopic (exact) mass is 242 g/mol. The fourth-order valence-corrected chi connectivity index (χ4v) is 1.89. The Morgan fingerprint density at radius 1 is 1.44 bits per heavy atom. The Morgan fingerprint density at radius 3 is 2.62 bits per heavy atom. The number of ether oxygens (including phenoxy) is 1. The molecule has 0 unspecified atom stereocenters. The van der Waals surface area contributed by atoms with Crippen LogP contribution in [0.3, 0.4) is 0 Å². The predicted octanol–water partition coefficient (Wildman–Crippen LogP) is -0.125. The van der Waals surface area contributed by atoms with E-state index in [1.165, 1.54) is 6.33 Å². The number of rotatable bonds is 6. The van der Waals surface area contributed by atoms with E-state index in [4.69, 9.17) is 14.8 Å². The van der Waals surface area contributed by atoms with E-state index in [1.807, 2.05) is 0 Å². The molecule has 90 valence electrons. The normalized spacial score (nSPS) is 11.8. The quantitative estimate of drug-likeness (QED) is 0.539. The molecule has 0 saturated heterocycles. The summed E-state index contributed by atoms with van der Waals surface area (Å²) in [7, 11) is -2.55. The van der Waals surface area contributed by atoms with Crippen molar-refractivity contribution in [2.24, 2.45) is 0 Å². The van der Waals surface area contributed by atoms with Gasteiger partial charge in [0.15, 0.2) is 0 Å². The van der Waals surface area contributed by atoms with Crippen LogP contribution >= 0.6 is 0 Å². The van der Waals surface area contributed by atoms with E-state index in [2.05, 4.69) is 24.6 Å². The van der Waals surface area contributed by atoms with Crippen LogP contribution in [0.4, 0.5) is 0 Å². The molecule has 1 rings (SSSR count). The van der Waals surface area contributed by atoms with Crippen molar-refractivity contribution < 1.29 is 14.8 Å². The van der Waals surface area contributed by atoms with Gasteiger partial charge in [-0.05, 0) is 6.04 Å². The maximum absolute atomic E-state index is 8.86. The van der Waals surface area contributed by atoms with Crippen LogP contribution in [-0.2, 0) is 11.5 Å². The second kappa shape index (κ2) is 5.63. The first-order valence-electron chi connectivity index (χ1n) is 5.34. The third-order valence-corrected chi connectivity index (χ3v) is 3.86. The first-order valence-corrected chi connectivity index (χ1v) is 9.05. The molecule has 0 aliphatic heterocycles. The zero-order valence-electron chi connectivity index (χ0n) is 10.1. The summed E-state index contributed by atoms with van der Waals surface area (Å²) in [5, 5.41) is 17.7. The number of hydrogen-bond donors (Lipinski definition) is 2. The molecule has 0 bridgehead atoms. The smallest absolute Gasteiger partial charge is 0.422 e. The lowest BCUT2D eigenvalue weighted by Gasteiger charge is -2.15. The minimum Gasteiger partial charge on any atom is -0.422 e. The van der Waals surface area contributed by atoms with Crippen LogP contribution in [0.5, 0.6) is 0 Å². The van der Waals surface area contributed by atoms with Crippen molar-refractivity contribution in [3.05, 3.63) is 12.5 Å². The van der Waals surface area contributed by atoms with Crippen molar-refractivity contribution in [1.82, 2.24) is 9.55 Å². The second-order valence-electron chi connectivity index (χ2n) is 5.03. The van der Waals surface area contributed by atoms with Crippen LogP contribution in [0.2, 0.25) is 25.7 Å². The summed E-state index contributed by atoms with van der Waals surface area (Å²) < 4.78 is 7.18. The Hall–Kier alpha value is -0.628. The summed E-state index contributed by atoms with van der Waals surface area (Å²) >= 11 is 0. The third-order valence-electron chi connectivity index (χ3n) is 2.15. The van der Waals surface area contributed by atoms with Crippen molar-refractivity contribution in [1.29, 1.82) is 0 Å². The van der Waals surface area contributed by atoms with Gasteiger partial charge < -0.3 is 19.4 Å². The number of nitrogens with zero attached hydrogens (tertiary/aromatic N) is 2. The molecule has 1 heterocycles. The molecule has 0 radical (unpaired) electrons. The van der Waals surface area contributed by atoms with Gasteiger partial charge >= 0.3 is 7.12 Å². The molecule has 0 atom stereocenters. The minimum absolute atomic E-state index is 0.244. The summed E-state index contributed by atoms with van der Waals surface area (Å²) in [4.78, 5) is 3.83. The molecule has 2 N–H and O–H groups in total. The fraction of sp³-hybridized carbons (Fsp3) is 0.667. The van der Waals surface area contributed by atoms with Crippen molar-refractivity contribution in [2.45, 2.75) is 32.4 Å². The molecule has 1 aromatic heterocycles. The highest BCUT2D eigenvalue weighted by Gasteiger charge is 2.14. The average Bonchev–Trinajstić information content (AvgIpc) is 2.59. The molecule has 0 aliphatic rings. The average molecular weight is 242 g/mol. The summed E-state index contributed by atoms with van der Waals surface area (Å²) in [6, 6.07) is 1.12. The summed E-state index contributed by atoms with van der Waals surface area (Å²) in [6.45, 7) is 8.05. The first kappa shape index (κ1) is 13.4. The van der Waals surface area contributed by atoms with Crippen molar-refractivity contribution in [3.8, 4) is 0 Å². The largest absolute Gasteiger partial charge is 0.509 e. The number of imidazole rings is 1. The van der Waals surface area contributed by atoms with Gasteiger partial charge in [-0.3, -0.25) is 0 Å². The molecule has 7 heteroatoms. The molecular weight excluding hydrogens is 223 g/mol. The van der Waals surface area contributed by atoms with E-state index < -0.39 is 15.2 Å². The maximum Gasteiger partial charge on any atom is 0.509 e. The lowest BCUT2D eigenvalue weighted by molar-refractivity contribution is 0.0872. The molecule has 0 fully saturated rings. The Balaban J connectivity index is 2.27. The van der Waals surface area contributed by atoms with E-state index in [9.17, 15) is 0 Å². The van der Waals surface area contributed by atoms with Gasteiger partial charge in [0.25, 0.3) is 0 Å². The molecule has 0 amide bonds. The minimum atomic E-state index is -1.51. The van der Waals surface area contributed by atoms with E-state index >= 15 is 0 Å². The highest BCUT2D eigenvalue weighted by molar-refractivity contribution is 6.76. The zero-order chi connectivity index (χ0) is 12.2. The van der Waals surface area contributed by atoms with E-state index in [0.717, 1.165) is 12.7 Å². The van der Waals surface area contributed by atoms with E-state index in [0.29, 0.717) is 6.73 Å². The van der Waals surface area contributed by atoms with Crippen LogP contribution in [0.25, 0.3) is 0 Å². The van der Waals surface area contributed by atoms with Gasteiger partial charge in [0.05, 0.1) is 11.9 Å². The van der Waals surface area contributed by atoms with Crippen LogP contribution in [0, 0.1) is 0 Å². The van der Waals surface area contributed by atoms with Crippen LogP contribution in [0.1, 0.15) is 0 Å². The Bertz CT molecular complexity index is 325. The van der Waals surface area contributed by atoms with E-state index in [-0.39, 0.29) is 5.59 Å². The van der Waals surface area contributed by atoms with Gasteiger partial charge in [0.2, 0.25) is 0 Å². The lowest BCUT2D eigenvalue weighted by atomic mass is 9.87. The van der Waals surface area contributed by atoms with Crippen molar-refractivity contribution in [3.63, 3.8) is 0 Å². The zero-order valence-corrected chi connectivity index (χ0v) is 11.1. The van der Waals surface area contributed by atoms with Gasteiger partial charge in [0, 0.05) is 20.9 Å². The first-order chi connectivity index (χ1) is 7.38. The lowest BCUT2D eigenvalue weighted by Crippen LogP contribution is -2.30. The third kappa shape index (κ3) is 4.93. The Labute approximate surface area is 97.2 Å². The molecular formula is C9H19BN2O3Si. The van der Waals surface area contributed by atoms with Crippen LogP contribution in [0.15, 0.2) is 12.5 Å². The maximum atomic E-state index is 8.86. The second-order valence-corrected chi connectivity index (χ2v) is 10.7. The fourth-order valence-electron chi connectivity index (χ4n) is 1.13. The predicted molar refractivity (Wildman–Crippen MR) is 66.2 cm³/mol. The number of aromatic nitrogens is 2. The topological polar surface area (TPSA) is 67.5 Å². The van der Waals surface area contributed by atoms with Gasteiger partial charge in [0.1, 0.15) is 6.73 Å². The summed E-state index contributed by atoms with van der Waals surface area (Å²) in [6.07, 6.45) is 3.10. The molecule has 0 spiro atoms. The van der Waals surface area contributed by atoms with Crippen molar-refractivity contribution in [2.75, 3.05) is 6.61 Å². The molecule has 5 nitrogen and oxygen atoms in total. The Kier molecular flexibility index (Phi) is 4.72. The molecule has 0 aromatic carbocycles. The van der Waals surface area contributed by atoms with Gasteiger partial charge in [-0.2, -0.15) is 0 Å². The SMILES string of the molecule is C[Si](C)(C)CCOCn1cnc(B(O)O)c1. The molecule has 0 aliphatic carbocycles. The Morgan fingerprint density at radius 2 is 2.12 bits per heavy atom. The van der Waals surface area contributed by atoms with Crippen LogP contribution < -0.4 is 5.59 Å². The molecule has 1 aromatic rings. The van der Waals surface area contributed by atoms with Crippen molar-refractivity contribution >= 4 is 20.8 Å². The highest BCUT2D eigenvalue weighted by atomic mass is 28.3. The summed E-state index contributed by atoms with van der Waals surface area (Å²) in [5.74, 6) is 0. The highest BCUT2D eigenvalue weighted by Crippen LogP contribution is 2.07. The van der Waals surface area contributed by atoms with Gasteiger partial charge in [-0.1, -0.05) is 19.6 Å². The standard InChI is InChI=1S/C9H19BN2O3Si/c1-16(2,3)5-4-15-8-12-6-9(10(13)14)11-7-12/h6-7,13-14H,4-5,8H2,1-3H3. The van der Waals surface area contributed by atoms with Gasteiger partial charge in [-0.15, -0.1) is 0 Å². The van der Waals surface area contributed by atoms with Crippen LogP contribution in [-0.4, -0.2) is 41.4 Å². The molecule has 16 heavy (non-hydrogen) atoms.